The summed E-state index contributed by atoms with van der Waals surface area (Å²) in [5.41, 5.74) is 0. The Morgan fingerprint density at radius 3 is 1.48 bits per heavy atom. The molecule has 2 rings (SSSR count). The molecule has 29 heavy (non-hydrogen) atoms. The van der Waals surface area contributed by atoms with Crippen LogP contribution in [0.25, 0.3) is 0 Å². The molecule has 0 atom stereocenters. The maximum atomic E-state index is 3.26. The van der Waals surface area contributed by atoms with Gasteiger partial charge in [0.2, 0.25) is 0 Å². The van der Waals surface area contributed by atoms with Crippen LogP contribution in [0.3, 0.4) is 0 Å². The first-order valence-corrected chi connectivity index (χ1v) is 13.2. The van der Waals surface area contributed by atoms with Crippen LogP contribution in [0.4, 0.5) is 0 Å². The third kappa shape index (κ3) is 11.1. The molecule has 164 valence electrons. The van der Waals surface area contributed by atoms with E-state index in [1.54, 1.807) is 0 Å². The van der Waals surface area contributed by atoms with Gasteiger partial charge >= 0.3 is 0 Å². The summed E-state index contributed by atoms with van der Waals surface area (Å²) in [6.45, 7) is 4.61. The summed E-state index contributed by atoms with van der Waals surface area (Å²) in [4.78, 5) is 0. The lowest BCUT2D eigenvalue weighted by Crippen LogP contribution is -2.13. The highest BCUT2D eigenvalue weighted by Gasteiger charge is 2.19. The topological polar surface area (TPSA) is 0 Å². The number of hydrogen-bond acceptors (Lipinski definition) is 0. The molecule has 0 bridgehead atoms. The molecule has 0 amide bonds. The molecule has 2 aliphatic rings. The van der Waals surface area contributed by atoms with Crippen molar-refractivity contribution >= 4 is 0 Å². The Hall–Kier alpha value is -0.960. The monoisotopic (exact) mass is 396 g/mol. The lowest BCUT2D eigenvalue weighted by atomic mass is 9.79. The van der Waals surface area contributed by atoms with Crippen molar-refractivity contribution in [1.82, 2.24) is 0 Å². The number of allylic oxidation sites excluding steroid dienone is 4. The minimum Gasteiger partial charge on any atom is -0.0730 e. The maximum Gasteiger partial charge on any atom is -0.0153 e. The average Bonchev–Trinajstić information content (AvgIpc) is 2.76. The van der Waals surface area contributed by atoms with Crippen molar-refractivity contribution in [3.8, 4) is 11.8 Å². The van der Waals surface area contributed by atoms with Gasteiger partial charge in [-0.2, -0.15) is 0 Å². The number of unbranched alkanes of at least 4 members (excludes halogenated alkanes) is 5. The Kier molecular flexibility index (Phi) is 13.3. The fourth-order valence-corrected chi connectivity index (χ4v) is 5.33. The van der Waals surface area contributed by atoms with Crippen LogP contribution < -0.4 is 0 Å². The maximum absolute atomic E-state index is 3.26. The van der Waals surface area contributed by atoms with Crippen molar-refractivity contribution < 1.29 is 0 Å². The predicted octanol–water partition coefficient (Wildman–Crippen LogP) is 9.27. The van der Waals surface area contributed by atoms with E-state index in [1.807, 2.05) is 0 Å². The smallest absolute Gasteiger partial charge is 0.0153 e. The van der Waals surface area contributed by atoms with Gasteiger partial charge in [0.1, 0.15) is 0 Å². The lowest BCUT2D eigenvalue weighted by Gasteiger charge is -2.26. The first-order chi connectivity index (χ1) is 14.3. The van der Waals surface area contributed by atoms with E-state index in [-0.39, 0.29) is 0 Å². The van der Waals surface area contributed by atoms with Crippen LogP contribution in [0.15, 0.2) is 24.3 Å². The van der Waals surface area contributed by atoms with E-state index in [4.69, 9.17) is 0 Å². The van der Waals surface area contributed by atoms with Gasteiger partial charge in [-0.1, -0.05) is 95.6 Å². The second-order valence-electron chi connectivity index (χ2n) is 9.91. The van der Waals surface area contributed by atoms with Crippen molar-refractivity contribution in [2.45, 2.75) is 123 Å². The number of rotatable bonds is 11. The van der Waals surface area contributed by atoms with Gasteiger partial charge in [0.15, 0.2) is 0 Å². The second-order valence-corrected chi connectivity index (χ2v) is 9.91. The molecule has 0 heteroatoms. The van der Waals surface area contributed by atoms with E-state index in [1.165, 1.54) is 109 Å². The zero-order chi connectivity index (χ0) is 20.6. The van der Waals surface area contributed by atoms with Crippen molar-refractivity contribution in [3.63, 3.8) is 0 Å². The molecule has 0 aliphatic heterocycles. The summed E-state index contributed by atoms with van der Waals surface area (Å²) < 4.78 is 0. The quantitative estimate of drug-likeness (QED) is 0.241. The zero-order valence-corrected chi connectivity index (χ0v) is 19.6. The molecule has 0 radical (unpaired) electrons. The van der Waals surface area contributed by atoms with Gasteiger partial charge < -0.3 is 0 Å². The Labute approximate surface area is 183 Å². The van der Waals surface area contributed by atoms with Gasteiger partial charge in [-0.05, 0) is 87.2 Å². The predicted molar refractivity (Wildman–Crippen MR) is 130 cm³/mol. The van der Waals surface area contributed by atoms with E-state index in [0.717, 1.165) is 23.7 Å². The van der Waals surface area contributed by atoms with Crippen LogP contribution in [-0.4, -0.2) is 0 Å². The third-order valence-corrected chi connectivity index (χ3v) is 7.45. The first-order valence-electron chi connectivity index (χ1n) is 13.2. The fraction of sp³-hybridized carbons (Fsp3) is 0.793. The van der Waals surface area contributed by atoms with Crippen LogP contribution in [-0.2, 0) is 0 Å². The minimum absolute atomic E-state index is 0.781. The SMILES string of the molecule is CCCCCCC[C@H]1CC[C@H](/C=C/C#C/C=C/[C@H]2CC[C@H](CCCC)CC2)CC1. The van der Waals surface area contributed by atoms with E-state index >= 15 is 0 Å². The molecule has 0 saturated heterocycles. The molecule has 2 fully saturated rings. The van der Waals surface area contributed by atoms with Crippen molar-refractivity contribution in [2.24, 2.45) is 23.7 Å². The van der Waals surface area contributed by atoms with Gasteiger partial charge in [0.25, 0.3) is 0 Å². The summed E-state index contributed by atoms with van der Waals surface area (Å²) >= 11 is 0. The molecule has 0 unspecified atom stereocenters. The normalized spacial score (nSPS) is 27.9. The summed E-state index contributed by atoms with van der Waals surface area (Å²) in [6.07, 6.45) is 33.1. The average molecular weight is 397 g/mol. The number of hydrogen-bond donors (Lipinski definition) is 0. The largest absolute Gasteiger partial charge is 0.0730 e. The van der Waals surface area contributed by atoms with Gasteiger partial charge in [0, 0.05) is 0 Å². The molecule has 0 nitrogen and oxygen atoms in total. The summed E-state index contributed by atoms with van der Waals surface area (Å²) in [7, 11) is 0. The van der Waals surface area contributed by atoms with Crippen LogP contribution >= 0.6 is 0 Å². The zero-order valence-electron chi connectivity index (χ0n) is 19.6. The highest BCUT2D eigenvalue weighted by atomic mass is 14.2. The minimum atomic E-state index is 0.781. The van der Waals surface area contributed by atoms with Gasteiger partial charge in [-0.3, -0.25) is 0 Å². The Morgan fingerprint density at radius 2 is 1.00 bits per heavy atom. The highest BCUT2D eigenvalue weighted by Crippen LogP contribution is 2.33. The summed E-state index contributed by atoms with van der Waals surface area (Å²) in [6, 6.07) is 0. The molecular weight excluding hydrogens is 348 g/mol. The summed E-state index contributed by atoms with van der Waals surface area (Å²) in [5.74, 6) is 10.1. The van der Waals surface area contributed by atoms with E-state index < -0.39 is 0 Å². The van der Waals surface area contributed by atoms with E-state index in [2.05, 4.69) is 50.0 Å². The Balaban J connectivity index is 1.54. The molecule has 2 aliphatic carbocycles. The molecule has 0 heterocycles. The van der Waals surface area contributed by atoms with Crippen molar-refractivity contribution in [1.29, 1.82) is 0 Å². The standard InChI is InChI=1S/C29H48/c1-3-5-7-8-11-15-27-22-24-29(25-23-27)17-13-10-9-12-16-28-20-18-26(19-21-28)14-6-4-2/h12-13,16-17,26-29H,3-8,11,14-15,18-25H2,1-2H3/b16-12+,17-13+/t26-,27-,28-,29-. The van der Waals surface area contributed by atoms with Crippen LogP contribution in [0.5, 0.6) is 0 Å². The molecule has 2 saturated carbocycles. The lowest BCUT2D eigenvalue weighted by molar-refractivity contribution is 0.288. The molecule has 0 spiro atoms. The molecule has 0 aromatic heterocycles. The van der Waals surface area contributed by atoms with Crippen molar-refractivity contribution in [3.05, 3.63) is 24.3 Å². The second kappa shape index (κ2) is 15.8. The van der Waals surface area contributed by atoms with Gasteiger partial charge in [-0.15, -0.1) is 0 Å². The van der Waals surface area contributed by atoms with Gasteiger partial charge in [0.05, 0.1) is 0 Å². The Morgan fingerprint density at radius 1 is 0.552 bits per heavy atom. The van der Waals surface area contributed by atoms with E-state index in [0.29, 0.717) is 0 Å². The van der Waals surface area contributed by atoms with Crippen molar-refractivity contribution in [2.75, 3.05) is 0 Å². The van der Waals surface area contributed by atoms with Crippen LogP contribution in [0.2, 0.25) is 0 Å². The third-order valence-electron chi connectivity index (χ3n) is 7.45. The molecule has 0 aromatic carbocycles. The molecular formula is C29H48. The van der Waals surface area contributed by atoms with Crippen LogP contribution in [0, 0.1) is 35.5 Å². The first kappa shape index (κ1) is 24.3. The van der Waals surface area contributed by atoms with Crippen LogP contribution in [0.1, 0.15) is 123 Å². The fourth-order valence-electron chi connectivity index (χ4n) is 5.33. The van der Waals surface area contributed by atoms with Gasteiger partial charge in [-0.25, -0.2) is 0 Å². The highest BCUT2D eigenvalue weighted by molar-refractivity contribution is 5.24. The summed E-state index contributed by atoms with van der Waals surface area (Å²) in [5, 5.41) is 0. The Bertz CT molecular complexity index is 498. The van der Waals surface area contributed by atoms with E-state index in [9.17, 15) is 0 Å². The molecule has 0 aromatic rings. The molecule has 0 N–H and O–H groups in total.